The average molecular weight is 287 g/mol. The first-order valence-corrected chi connectivity index (χ1v) is 6.77. The first-order valence-electron chi connectivity index (χ1n) is 6.77. The molecule has 0 aromatic rings. The van der Waals surface area contributed by atoms with Gasteiger partial charge in [-0.05, 0) is 40.5 Å². The highest BCUT2D eigenvalue weighted by Gasteiger charge is 2.45. The smallest absolute Gasteiger partial charge is 0.318 e. The number of esters is 2. The van der Waals surface area contributed by atoms with Gasteiger partial charge in [0.1, 0.15) is 13.2 Å². The van der Waals surface area contributed by atoms with Crippen LogP contribution in [0.4, 0.5) is 0 Å². The van der Waals surface area contributed by atoms with Crippen molar-refractivity contribution in [2.24, 2.45) is 0 Å². The maximum atomic E-state index is 11.5. The first-order chi connectivity index (χ1) is 9.08. The van der Waals surface area contributed by atoms with E-state index >= 15 is 0 Å². The lowest BCUT2D eigenvalue weighted by atomic mass is 9.79. The summed E-state index contributed by atoms with van der Waals surface area (Å²) in [5.41, 5.74) is -0.570. The van der Waals surface area contributed by atoms with E-state index in [4.69, 9.17) is 4.74 Å². The van der Waals surface area contributed by atoms with Gasteiger partial charge in [-0.1, -0.05) is 0 Å². The van der Waals surface area contributed by atoms with E-state index in [2.05, 4.69) is 4.74 Å². The number of methoxy groups -OCH3 is 1. The fourth-order valence-electron chi connectivity index (χ4n) is 2.99. The number of ether oxygens (including phenoxy) is 2. The van der Waals surface area contributed by atoms with Crippen molar-refractivity contribution in [3.05, 3.63) is 0 Å². The number of likely N-dealkylation sites (tertiary alicyclic amines) is 1. The summed E-state index contributed by atoms with van der Waals surface area (Å²) in [6.45, 7) is 8.12. The van der Waals surface area contributed by atoms with Gasteiger partial charge in [-0.15, -0.1) is 0 Å². The number of rotatable bonds is 4. The molecule has 0 radical (unpaired) electrons. The van der Waals surface area contributed by atoms with Crippen LogP contribution in [0.2, 0.25) is 0 Å². The predicted octanol–water partition coefficient (Wildman–Crippen LogP) is 1.06. The third-order valence-corrected chi connectivity index (χ3v) is 3.80. The summed E-state index contributed by atoms with van der Waals surface area (Å²) >= 11 is 0. The van der Waals surface area contributed by atoms with Gasteiger partial charge >= 0.3 is 11.9 Å². The molecule has 1 saturated heterocycles. The number of nitrogens with zero attached hydrogens (tertiary/aromatic N) is 1. The molecular formula is C14H25NO5. The molecule has 1 rings (SSSR count). The van der Waals surface area contributed by atoms with Crippen LogP contribution in [0.5, 0.6) is 0 Å². The molecule has 0 spiro atoms. The lowest BCUT2D eigenvalue weighted by molar-refractivity contribution is -0.168. The Morgan fingerprint density at radius 1 is 1.15 bits per heavy atom. The topological polar surface area (TPSA) is 76.1 Å². The highest BCUT2D eigenvalue weighted by Crippen LogP contribution is 2.38. The zero-order valence-corrected chi connectivity index (χ0v) is 12.9. The molecule has 1 aliphatic heterocycles. The lowest BCUT2D eigenvalue weighted by Gasteiger charge is -2.53. The van der Waals surface area contributed by atoms with Crippen LogP contribution in [0.3, 0.4) is 0 Å². The Bertz CT molecular complexity index is 360. The Labute approximate surface area is 120 Å². The second-order valence-corrected chi connectivity index (χ2v) is 6.51. The van der Waals surface area contributed by atoms with Crippen molar-refractivity contribution in [3.63, 3.8) is 0 Å². The van der Waals surface area contributed by atoms with Crippen LogP contribution in [0.15, 0.2) is 0 Å². The van der Waals surface area contributed by atoms with Crippen molar-refractivity contribution in [1.82, 2.24) is 4.90 Å². The molecule has 1 aliphatic rings. The van der Waals surface area contributed by atoms with Crippen LogP contribution in [0, 0.1) is 0 Å². The van der Waals surface area contributed by atoms with Crippen molar-refractivity contribution in [3.8, 4) is 0 Å². The maximum absolute atomic E-state index is 11.5. The zero-order valence-electron chi connectivity index (χ0n) is 12.9. The minimum atomic E-state index is -0.609. The Morgan fingerprint density at radius 2 is 1.65 bits per heavy atom. The van der Waals surface area contributed by atoms with E-state index in [-0.39, 0.29) is 30.3 Å². The van der Waals surface area contributed by atoms with E-state index in [0.717, 1.165) is 0 Å². The van der Waals surface area contributed by atoms with Gasteiger partial charge in [0.15, 0.2) is 0 Å². The molecule has 1 heterocycles. The van der Waals surface area contributed by atoms with Gasteiger partial charge in [0.05, 0.1) is 13.2 Å². The van der Waals surface area contributed by atoms with Crippen molar-refractivity contribution >= 4 is 11.9 Å². The van der Waals surface area contributed by atoms with E-state index < -0.39 is 11.9 Å². The Kier molecular flexibility index (Phi) is 5.15. The number of hydrogen-bond acceptors (Lipinski definition) is 6. The largest absolute Gasteiger partial charge is 0.469 e. The molecule has 0 aromatic carbocycles. The van der Waals surface area contributed by atoms with Crippen molar-refractivity contribution in [2.45, 2.75) is 64.1 Å². The fraction of sp³-hybridized carbons (Fsp3) is 0.857. The molecule has 6 nitrogen and oxygen atoms in total. The summed E-state index contributed by atoms with van der Waals surface area (Å²) in [5.74, 6) is -1.21. The second-order valence-electron chi connectivity index (χ2n) is 6.51. The van der Waals surface area contributed by atoms with Gasteiger partial charge < -0.3 is 14.6 Å². The quantitative estimate of drug-likeness (QED) is 0.615. The predicted molar refractivity (Wildman–Crippen MR) is 72.8 cm³/mol. The molecule has 116 valence electrons. The van der Waals surface area contributed by atoms with Crippen molar-refractivity contribution in [1.29, 1.82) is 0 Å². The molecule has 0 saturated carbocycles. The minimum Gasteiger partial charge on any atom is -0.469 e. The van der Waals surface area contributed by atoms with Crippen LogP contribution in [0.25, 0.3) is 0 Å². The van der Waals surface area contributed by atoms with Gasteiger partial charge in [0.25, 0.3) is 0 Å². The van der Waals surface area contributed by atoms with E-state index in [1.165, 1.54) is 7.11 Å². The molecule has 1 fully saturated rings. The maximum Gasteiger partial charge on any atom is 0.318 e. The highest BCUT2D eigenvalue weighted by atomic mass is 16.6. The third kappa shape index (κ3) is 4.18. The summed E-state index contributed by atoms with van der Waals surface area (Å²) in [6.07, 6.45) is 0.492. The molecule has 6 heteroatoms. The number of carbonyl (C=O) groups excluding carboxylic acids is 2. The van der Waals surface area contributed by atoms with Gasteiger partial charge in [-0.25, -0.2) is 0 Å². The molecule has 1 N–H and O–H groups in total. The fourth-order valence-corrected chi connectivity index (χ4v) is 2.99. The molecule has 0 aliphatic carbocycles. The molecule has 0 atom stereocenters. The number of aliphatic hydroxyl groups excluding tert-OH is 1. The van der Waals surface area contributed by atoms with E-state index in [0.29, 0.717) is 12.8 Å². The normalized spacial score (nSPS) is 22.3. The molecule has 20 heavy (non-hydrogen) atoms. The van der Waals surface area contributed by atoms with Gasteiger partial charge in [0, 0.05) is 11.1 Å². The summed E-state index contributed by atoms with van der Waals surface area (Å²) in [5, 5.41) is 9.93. The summed E-state index contributed by atoms with van der Waals surface area (Å²) in [4.78, 5) is 24.6. The number of hydrogen-bond donors (Lipinski definition) is 1. The van der Waals surface area contributed by atoms with Gasteiger partial charge in [-0.3, -0.25) is 14.5 Å². The number of piperidine rings is 1. The molecular weight excluding hydrogens is 262 g/mol. The Morgan fingerprint density at radius 3 is 2.10 bits per heavy atom. The number of carbonyl (C=O) groups is 2. The molecule has 0 amide bonds. The van der Waals surface area contributed by atoms with E-state index in [9.17, 15) is 14.7 Å². The summed E-state index contributed by atoms with van der Waals surface area (Å²) < 4.78 is 9.59. The number of aliphatic hydroxyl groups is 1. The highest BCUT2D eigenvalue weighted by molar-refractivity contribution is 5.91. The van der Waals surface area contributed by atoms with Gasteiger partial charge in [-0.2, -0.15) is 0 Å². The lowest BCUT2D eigenvalue weighted by Crippen LogP contribution is -2.62. The average Bonchev–Trinajstić information content (AvgIpc) is 2.24. The van der Waals surface area contributed by atoms with Gasteiger partial charge in [0.2, 0.25) is 0 Å². The first kappa shape index (κ1) is 16.9. The molecule has 0 aromatic heterocycles. The summed E-state index contributed by atoms with van der Waals surface area (Å²) in [6, 6.07) is 0. The Balaban J connectivity index is 2.64. The minimum absolute atomic E-state index is 0.0997. The van der Waals surface area contributed by atoms with Crippen molar-refractivity contribution in [2.75, 3.05) is 13.8 Å². The van der Waals surface area contributed by atoms with Crippen LogP contribution in [-0.4, -0.2) is 53.0 Å². The molecule has 0 bridgehead atoms. The molecule has 0 unspecified atom stereocenters. The SMILES string of the molecule is COC(=O)CC(=O)OCN1C(C)(C)CC(O)CC1(C)C. The monoisotopic (exact) mass is 287 g/mol. The van der Waals surface area contributed by atoms with E-state index in [1.54, 1.807) is 0 Å². The third-order valence-electron chi connectivity index (χ3n) is 3.80. The zero-order chi connectivity index (χ0) is 15.6. The van der Waals surface area contributed by atoms with Crippen molar-refractivity contribution < 1.29 is 24.2 Å². The van der Waals surface area contributed by atoms with Crippen LogP contribution in [-0.2, 0) is 19.1 Å². The van der Waals surface area contributed by atoms with Crippen LogP contribution >= 0.6 is 0 Å². The second kappa shape index (κ2) is 6.10. The standard InChI is InChI=1S/C14H25NO5/c1-13(2)7-10(16)8-14(3,4)15(13)9-20-12(18)6-11(17)19-5/h10,16H,6-9H2,1-5H3. The Hall–Kier alpha value is -1.14. The van der Waals surface area contributed by atoms with E-state index in [1.807, 2.05) is 32.6 Å². The van der Waals surface area contributed by atoms with Crippen LogP contribution < -0.4 is 0 Å². The summed E-state index contributed by atoms with van der Waals surface area (Å²) in [7, 11) is 1.23. The van der Waals surface area contributed by atoms with Crippen LogP contribution in [0.1, 0.15) is 47.0 Å².